The first-order chi connectivity index (χ1) is 10.6. The SMILES string of the molecule is Cc1ccccc1C(C)(CO)N(CCO)Cc1ccccc1. The van der Waals surface area contributed by atoms with Gasteiger partial charge in [0.15, 0.2) is 0 Å². The van der Waals surface area contributed by atoms with Crippen molar-refractivity contribution < 1.29 is 10.2 Å². The predicted molar refractivity (Wildman–Crippen MR) is 89.6 cm³/mol. The largest absolute Gasteiger partial charge is 0.395 e. The fourth-order valence-corrected chi connectivity index (χ4v) is 2.96. The highest BCUT2D eigenvalue weighted by atomic mass is 16.3. The average Bonchev–Trinajstić information content (AvgIpc) is 2.55. The molecule has 0 saturated heterocycles. The van der Waals surface area contributed by atoms with Crippen LogP contribution in [0.2, 0.25) is 0 Å². The lowest BCUT2D eigenvalue weighted by molar-refractivity contribution is 0.0209. The monoisotopic (exact) mass is 299 g/mol. The molecule has 0 saturated carbocycles. The van der Waals surface area contributed by atoms with Crippen LogP contribution in [0, 0.1) is 6.92 Å². The van der Waals surface area contributed by atoms with Gasteiger partial charge in [0, 0.05) is 13.1 Å². The minimum atomic E-state index is -0.524. The fraction of sp³-hybridized carbons (Fsp3) is 0.368. The summed E-state index contributed by atoms with van der Waals surface area (Å²) in [5.41, 5.74) is 2.89. The maximum absolute atomic E-state index is 10.1. The molecule has 2 N–H and O–H groups in total. The van der Waals surface area contributed by atoms with Crippen molar-refractivity contribution in [2.75, 3.05) is 19.8 Å². The molecular weight excluding hydrogens is 274 g/mol. The van der Waals surface area contributed by atoms with Crippen LogP contribution in [-0.4, -0.2) is 34.9 Å². The van der Waals surface area contributed by atoms with Gasteiger partial charge >= 0.3 is 0 Å². The number of benzene rings is 2. The molecule has 2 aromatic rings. The molecule has 118 valence electrons. The molecule has 3 nitrogen and oxygen atoms in total. The Bertz CT molecular complexity index is 585. The van der Waals surface area contributed by atoms with E-state index in [1.807, 2.05) is 37.3 Å². The van der Waals surface area contributed by atoms with Gasteiger partial charge in [0.25, 0.3) is 0 Å². The van der Waals surface area contributed by atoms with Crippen LogP contribution in [0.5, 0.6) is 0 Å². The molecule has 0 radical (unpaired) electrons. The zero-order chi connectivity index (χ0) is 16.0. The summed E-state index contributed by atoms with van der Waals surface area (Å²) in [5.74, 6) is 0. The summed E-state index contributed by atoms with van der Waals surface area (Å²) >= 11 is 0. The second kappa shape index (κ2) is 7.54. The maximum atomic E-state index is 10.1. The molecule has 22 heavy (non-hydrogen) atoms. The van der Waals surface area contributed by atoms with Gasteiger partial charge in [-0.2, -0.15) is 0 Å². The van der Waals surface area contributed by atoms with Crippen molar-refractivity contribution in [1.82, 2.24) is 4.90 Å². The van der Waals surface area contributed by atoms with Gasteiger partial charge in [-0.05, 0) is 30.5 Å². The van der Waals surface area contributed by atoms with Crippen LogP contribution in [0.1, 0.15) is 23.6 Å². The van der Waals surface area contributed by atoms with Crippen LogP contribution in [-0.2, 0) is 12.1 Å². The van der Waals surface area contributed by atoms with Gasteiger partial charge in [-0.15, -0.1) is 0 Å². The van der Waals surface area contributed by atoms with Crippen molar-refractivity contribution in [1.29, 1.82) is 0 Å². The molecule has 1 unspecified atom stereocenters. The molecular formula is C19H25NO2. The number of aryl methyl sites for hydroxylation is 1. The molecule has 0 amide bonds. The zero-order valence-corrected chi connectivity index (χ0v) is 13.4. The molecule has 0 heterocycles. The van der Waals surface area contributed by atoms with E-state index >= 15 is 0 Å². The van der Waals surface area contributed by atoms with Crippen LogP contribution >= 0.6 is 0 Å². The molecule has 2 aromatic carbocycles. The van der Waals surface area contributed by atoms with Crippen LogP contribution in [0.3, 0.4) is 0 Å². The lowest BCUT2D eigenvalue weighted by atomic mass is 9.87. The van der Waals surface area contributed by atoms with Crippen LogP contribution in [0.15, 0.2) is 54.6 Å². The number of hydrogen-bond donors (Lipinski definition) is 2. The molecule has 0 aliphatic carbocycles. The van der Waals surface area contributed by atoms with E-state index in [0.29, 0.717) is 13.1 Å². The summed E-state index contributed by atoms with van der Waals surface area (Å²) < 4.78 is 0. The van der Waals surface area contributed by atoms with Gasteiger partial charge in [0.1, 0.15) is 0 Å². The summed E-state index contributed by atoms with van der Waals surface area (Å²) in [6, 6.07) is 18.3. The van der Waals surface area contributed by atoms with Crippen molar-refractivity contribution in [3.8, 4) is 0 Å². The Morgan fingerprint density at radius 1 is 0.955 bits per heavy atom. The minimum Gasteiger partial charge on any atom is -0.395 e. The van der Waals surface area contributed by atoms with Gasteiger partial charge in [-0.1, -0.05) is 54.6 Å². The summed E-state index contributed by atoms with van der Waals surface area (Å²) in [4.78, 5) is 2.14. The van der Waals surface area contributed by atoms with E-state index in [1.54, 1.807) is 0 Å². The van der Waals surface area contributed by atoms with E-state index < -0.39 is 5.54 Å². The van der Waals surface area contributed by atoms with Gasteiger partial charge in [0.05, 0.1) is 18.8 Å². The number of nitrogens with zero attached hydrogens (tertiary/aromatic N) is 1. The number of rotatable bonds is 7. The Morgan fingerprint density at radius 2 is 1.59 bits per heavy atom. The summed E-state index contributed by atoms with van der Waals surface area (Å²) in [6.45, 7) is 5.36. The van der Waals surface area contributed by atoms with E-state index in [9.17, 15) is 10.2 Å². The summed E-state index contributed by atoms with van der Waals surface area (Å²) in [7, 11) is 0. The Kier molecular flexibility index (Phi) is 5.72. The molecule has 0 fully saturated rings. The third-order valence-electron chi connectivity index (χ3n) is 4.32. The molecule has 0 aliphatic heterocycles. The molecule has 2 rings (SSSR count). The average molecular weight is 299 g/mol. The van der Waals surface area contributed by atoms with Crippen molar-refractivity contribution in [2.45, 2.75) is 25.9 Å². The third kappa shape index (κ3) is 3.55. The Hall–Kier alpha value is -1.68. The highest BCUT2D eigenvalue weighted by Crippen LogP contribution is 2.31. The molecule has 0 bridgehead atoms. The molecule has 0 spiro atoms. The van der Waals surface area contributed by atoms with Crippen molar-refractivity contribution in [2.24, 2.45) is 0 Å². The minimum absolute atomic E-state index is 0.00465. The summed E-state index contributed by atoms with van der Waals surface area (Å²) in [6.07, 6.45) is 0. The lowest BCUT2D eigenvalue weighted by Crippen LogP contribution is -2.48. The first-order valence-corrected chi connectivity index (χ1v) is 7.68. The van der Waals surface area contributed by atoms with Crippen LogP contribution in [0.4, 0.5) is 0 Å². The number of hydrogen-bond acceptors (Lipinski definition) is 3. The number of aliphatic hydroxyl groups is 2. The van der Waals surface area contributed by atoms with Crippen molar-refractivity contribution in [3.63, 3.8) is 0 Å². The van der Waals surface area contributed by atoms with E-state index in [-0.39, 0.29) is 13.2 Å². The molecule has 0 aromatic heterocycles. The van der Waals surface area contributed by atoms with Crippen LogP contribution < -0.4 is 0 Å². The summed E-state index contributed by atoms with van der Waals surface area (Å²) in [5, 5.41) is 19.6. The first kappa shape index (κ1) is 16.7. The molecule has 1 atom stereocenters. The van der Waals surface area contributed by atoms with Gasteiger partial charge < -0.3 is 10.2 Å². The quantitative estimate of drug-likeness (QED) is 0.826. The molecule has 0 aliphatic rings. The maximum Gasteiger partial charge on any atom is 0.0671 e. The van der Waals surface area contributed by atoms with Crippen LogP contribution in [0.25, 0.3) is 0 Å². The third-order valence-corrected chi connectivity index (χ3v) is 4.32. The van der Waals surface area contributed by atoms with E-state index in [4.69, 9.17) is 0 Å². The van der Waals surface area contributed by atoms with Gasteiger partial charge in [0.2, 0.25) is 0 Å². The lowest BCUT2D eigenvalue weighted by Gasteiger charge is -2.41. The standard InChI is InChI=1S/C19H25NO2/c1-16-8-6-7-11-18(16)19(2,15-22)20(12-13-21)14-17-9-4-3-5-10-17/h3-11,21-22H,12-15H2,1-2H3. The van der Waals surface area contributed by atoms with Crippen molar-refractivity contribution in [3.05, 3.63) is 71.3 Å². The predicted octanol–water partition coefficient (Wildman–Crippen LogP) is 2.70. The van der Waals surface area contributed by atoms with Crippen molar-refractivity contribution >= 4 is 0 Å². The Balaban J connectivity index is 2.37. The highest BCUT2D eigenvalue weighted by molar-refractivity contribution is 5.33. The normalized spacial score (nSPS) is 14.0. The number of aliphatic hydroxyl groups excluding tert-OH is 2. The van der Waals surface area contributed by atoms with E-state index in [0.717, 1.165) is 11.1 Å². The van der Waals surface area contributed by atoms with Gasteiger partial charge in [-0.25, -0.2) is 0 Å². The second-order valence-corrected chi connectivity index (χ2v) is 5.88. The smallest absolute Gasteiger partial charge is 0.0671 e. The first-order valence-electron chi connectivity index (χ1n) is 7.68. The fourth-order valence-electron chi connectivity index (χ4n) is 2.96. The zero-order valence-electron chi connectivity index (χ0n) is 13.4. The van der Waals surface area contributed by atoms with Gasteiger partial charge in [-0.3, -0.25) is 4.90 Å². The van der Waals surface area contributed by atoms with E-state index in [2.05, 4.69) is 36.1 Å². The molecule has 3 heteroatoms. The Labute approximate surface area is 132 Å². The van der Waals surface area contributed by atoms with E-state index in [1.165, 1.54) is 5.56 Å². The Morgan fingerprint density at radius 3 is 2.18 bits per heavy atom. The highest BCUT2D eigenvalue weighted by Gasteiger charge is 2.34. The second-order valence-electron chi connectivity index (χ2n) is 5.88. The topological polar surface area (TPSA) is 43.7 Å².